The topological polar surface area (TPSA) is 26.3 Å². The van der Waals surface area contributed by atoms with E-state index in [-0.39, 0.29) is 5.41 Å². The van der Waals surface area contributed by atoms with Crippen molar-refractivity contribution in [3.63, 3.8) is 0 Å². The number of rotatable bonds is 3. The number of carbonyl (C=O) groups excluding carboxylic acids is 1. The molecule has 0 spiro atoms. The van der Waals surface area contributed by atoms with Gasteiger partial charge in [0, 0.05) is 7.11 Å². The predicted molar refractivity (Wildman–Crippen MR) is 54.8 cm³/mol. The summed E-state index contributed by atoms with van der Waals surface area (Å²) in [6, 6.07) is 0. The number of ketones is 1. The molecular formula is C11H22O2. The number of hydrogen-bond donors (Lipinski definition) is 0. The number of hydrogen-bond acceptors (Lipinski definition) is 2. The van der Waals surface area contributed by atoms with Crippen LogP contribution >= 0.6 is 0 Å². The molecule has 1 fully saturated rings. The fourth-order valence-corrected chi connectivity index (χ4v) is 1.93. The molecule has 0 radical (unpaired) electrons. The minimum atomic E-state index is -0.116. The third-order valence-electron chi connectivity index (χ3n) is 2.73. The van der Waals surface area contributed by atoms with Gasteiger partial charge in [-0.2, -0.15) is 0 Å². The van der Waals surface area contributed by atoms with E-state index in [4.69, 9.17) is 4.74 Å². The van der Waals surface area contributed by atoms with E-state index < -0.39 is 0 Å². The van der Waals surface area contributed by atoms with Crippen molar-refractivity contribution in [3.05, 3.63) is 0 Å². The summed E-state index contributed by atoms with van der Waals surface area (Å²) in [4.78, 5) is 11.3. The van der Waals surface area contributed by atoms with Gasteiger partial charge >= 0.3 is 0 Å². The Balaban J connectivity index is 0.000000671. The van der Waals surface area contributed by atoms with Gasteiger partial charge < -0.3 is 4.74 Å². The maximum absolute atomic E-state index is 11.3. The Morgan fingerprint density at radius 2 is 1.77 bits per heavy atom. The van der Waals surface area contributed by atoms with Gasteiger partial charge in [0.05, 0.1) is 12.0 Å². The Morgan fingerprint density at radius 3 is 2.08 bits per heavy atom. The van der Waals surface area contributed by atoms with Crippen LogP contribution in [0.4, 0.5) is 0 Å². The van der Waals surface area contributed by atoms with Crippen molar-refractivity contribution in [2.75, 3.05) is 13.7 Å². The van der Waals surface area contributed by atoms with E-state index in [0.717, 1.165) is 12.8 Å². The third-order valence-corrected chi connectivity index (χ3v) is 2.73. The average Bonchev–Trinajstić information content (AvgIpc) is 2.59. The molecule has 0 atom stereocenters. The molecule has 2 heteroatoms. The lowest BCUT2D eigenvalue weighted by Crippen LogP contribution is -2.30. The van der Waals surface area contributed by atoms with Crippen LogP contribution in [0.5, 0.6) is 0 Å². The van der Waals surface area contributed by atoms with E-state index in [1.165, 1.54) is 12.8 Å². The van der Waals surface area contributed by atoms with E-state index >= 15 is 0 Å². The molecule has 0 saturated heterocycles. The zero-order valence-electron chi connectivity index (χ0n) is 9.35. The van der Waals surface area contributed by atoms with Crippen LogP contribution in [-0.2, 0) is 9.53 Å². The van der Waals surface area contributed by atoms with Crippen molar-refractivity contribution >= 4 is 5.78 Å². The molecule has 13 heavy (non-hydrogen) atoms. The van der Waals surface area contributed by atoms with Crippen LogP contribution in [0.15, 0.2) is 0 Å². The fourth-order valence-electron chi connectivity index (χ4n) is 1.93. The Kier molecular flexibility index (Phi) is 5.97. The van der Waals surface area contributed by atoms with E-state index in [1.54, 1.807) is 14.0 Å². The monoisotopic (exact) mass is 186 g/mol. The van der Waals surface area contributed by atoms with Gasteiger partial charge in [0.25, 0.3) is 0 Å². The molecule has 78 valence electrons. The van der Waals surface area contributed by atoms with Crippen LogP contribution in [0.3, 0.4) is 0 Å². The summed E-state index contributed by atoms with van der Waals surface area (Å²) in [6.07, 6.45) is 4.41. The van der Waals surface area contributed by atoms with Gasteiger partial charge in [-0.3, -0.25) is 4.79 Å². The highest BCUT2D eigenvalue weighted by Gasteiger charge is 2.38. The molecule has 0 heterocycles. The highest BCUT2D eigenvalue weighted by Crippen LogP contribution is 2.38. The highest BCUT2D eigenvalue weighted by atomic mass is 16.5. The second kappa shape index (κ2) is 6.14. The van der Waals surface area contributed by atoms with Crippen LogP contribution in [0.1, 0.15) is 46.5 Å². The first-order valence-corrected chi connectivity index (χ1v) is 5.21. The summed E-state index contributed by atoms with van der Waals surface area (Å²) in [7, 11) is 1.67. The first kappa shape index (κ1) is 12.6. The van der Waals surface area contributed by atoms with Crippen molar-refractivity contribution in [2.24, 2.45) is 5.41 Å². The molecule has 1 saturated carbocycles. The Hall–Kier alpha value is -0.370. The van der Waals surface area contributed by atoms with Crippen molar-refractivity contribution in [1.29, 1.82) is 0 Å². The van der Waals surface area contributed by atoms with Gasteiger partial charge in [0.2, 0.25) is 0 Å². The van der Waals surface area contributed by atoms with E-state index in [9.17, 15) is 4.79 Å². The molecule has 2 nitrogen and oxygen atoms in total. The lowest BCUT2D eigenvalue weighted by molar-refractivity contribution is -0.129. The number of carbonyl (C=O) groups is 1. The minimum Gasteiger partial charge on any atom is -0.384 e. The fraction of sp³-hybridized carbons (Fsp3) is 0.909. The summed E-state index contributed by atoms with van der Waals surface area (Å²) in [6.45, 7) is 6.30. The molecule has 0 aromatic rings. The minimum absolute atomic E-state index is 0.116. The second-order valence-corrected chi connectivity index (χ2v) is 3.48. The molecule has 0 N–H and O–H groups in total. The molecule has 0 unspecified atom stereocenters. The van der Waals surface area contributed by atoms with Gasteiger partial charge in [-0.25, -0.2) is 0 Å². The highest BCUT2D eigenvalue weighted by molar-refractivity contribution is 5.82. The second-order valence-electron chi connectivity index (χ2n) is 3.48. The molecule has 0 aromatic heterocycles. The molecule has 0 bridgehead atoms. The van der Waals surface area contributed by atoms with Gasteiger partial charge in [-0.1, -0.05) is 26.7 Å². The third kappa shape index (κ3) is 3.11. The standard InChI is InChI=1S/C9H16O2.C2H6/c1-8(10)9(7-11-2)5-3-4-6-9;1-2/h3-7H2,1-2H3;1-2H3. The largest absolute Gasteiger partial charge is 0.384 e. The summed E-state index contributed by atoms with van der Waals surface area (Å²) in [5.41, 5.74) is -0.116. The summed E-state index contributed by atoms with van der Waals surface area (Å²) in [5, 5.41) is 0. The van der Waals surface area contributed by atoms with Crippen LogP contribution in [-0.4, -0.2) is 19.5 Å². The van der Waals surface area contributed by atoms with Crippen LogP contribution in [0.2, 0.25) is 0 Å². The van der Waals surface area contributed by atoms with Gasteiger partial charge in [0.1, 0.15) is 5.78 Å². The molecule has 1 aliphatic rings. The molecule has 0 amide bonds. The van der Waals surface area contributed by atoms with Crippen LogP contribution in [0.25, 0.3) is 0 Å². The lowest BCUT2D eigenvalue weighted by Gasteiger charge is -2.24. The molecule has 0 aliphatic heterocycles. The lowest BCUT2D eigenvalue weighted by atomic mass is 9.83. The molecular weight excluding hydrogens is 164 g/mol. The van der Waals surface area contributed by atoms with Gasteiger partial charge in [-0.15, -0.1) is 0 Å². The first-order chi connectivity index (χ1) is 6.21. The molecule has 1 aliphatic carbocycles. The molecule has 1 rings (SSSR count). The Labute approximate surface area is 81.7 Å². The average molecular weight is 186 g/mol. The van der Waals surface area contributed by atoms with Crippen molar-refractivity contribution < 1.29 is 9.53 Å². The van der Waals surface area contributed by atoms with E-state index in [2.05, 4.69) is 0 Å². The summed E-state index contributed by atoms with van der Waals surface area (Å²) >= 11 is 0. The quantitative estimate of drug-likeness (QED) is 0.677. The SMILES string of the molecule is CC.COCC1(C(C)=O)CCCC1. The predicted octanol–water partition coefficient (Wildman–Crippen LogP) is 2.81. The maximum Gasteiger partial charge on any atom is 0.138 e. The van der Waals surface area contributed by atoms with Gasteiger partial charge in [-0.05, 0) is 19.8 Å². The number of Topliss-reactive ketones (excluding diaryl/α,β-unsaturated/α-hetero) is 1. The van der Waals surface area contributed by atoms with Crippen LogP contribution < -0.4 is 0 Å². The number of methoxy groups -OCH3 is 1. The van der Waals surface area contributed by atoms with Crippen molar-refractivity contribution in [1.82, 2.24) is 0 Å². The normalized spacial score (nSPS) is 19.1. The van der Waals surface area contributed by atoms with Crippen molar-refractivity contribution in [3.8, 4) is 0 Å². The Morgan fingerprint density at radius 1 is 1.31 bits per heavy atom. The van der Waals surface area contributed by atoms with Gasteiger partial charge in [0.15, 0.2) is 0 Å². The first-order valence-electron chi connectivity index (χ1n) is 5.21. The smallest absolute Gasteiger partial charge is 0.138 e. The van der Waals surface area contributed by atoms with Crippen molar-refractivity contribution in [2.45, 2.75) is 46.5 Å². The summed E-state index contributed by atoms with van der Waals surface area (Å²) in [5.74, 6) is 0.303. The summed E-state index contributed by atoms with van der Waals surface area (Å²) < 4.78 is 5.07. The number of ether oxygens (including phenoxy) is 1. The zero-order chi connectivity index (χ0) is 10.3. The van der Waals surface area contributed by atoms with E-state index in [1.807, 2.05) is 13.8 Å². The molecule has 0 aromatic carbocycles. The Bertz CT molecular complexity index is 146. The van der Waals surface area contributed by atoms with Crippen LogP contribution in [0, 0.1) is 5.41 Å². The maximum atomic E-state index is 11.3. The zero-order valence-corrected chi connectivity index (χ0v) is 9.35. The van der Waals surface area contributed by atoms with E-state index in [0.29, 0.717) is 12.4 Å².